The maximum atomic E-state index is 12.1. The number of benzene rings is 2. The van der Waals surface area contributed by atoms with Crippen molar-refractivity contribution in [3.63, 3.8) is 0 Å². The zero-order valence-corrected chi connectivity index (χ0v) is 13.1. The van der Waals surface area contributed by atoms with Crippen LogP contribution in [0.5, 0.6) is 0 Å². The van der Waals surface area contributed by atoms with Crippen LogP contribution in [0.4, 0.5) is 5.69 Å². The molecular formula is C14H9Cl4NO. The molecule has 0 bridgehead atoms. The lowest BCUT2D eigenvalue weighted by molar-refractivity contribution is 0.102. The summed E-state index contributed by atoms with van der Waals surface area (Å²) in [4.78, 5) is 12.1. The third kappa shape index (κ3) is 3.58. The Morgan fingerprint density at radius 3 is 2.40 bits per heavy atom. The molecule has 0 fully saturated rings. The van der Waals surface area contributed by atoms with Crippen molar-refractivity contribution in [2.24, 2.45) is 0 Å². The second-order valence-electron chi connectivity index (χ2n) is 4.03. The number of carbonyl (C=O) groups is 1. The van der Waals surface area contributed by atoms with Gasteiger partial charge >= 0.3 is 0 Å². The van der Waals surface area contributed by atoms with Crippen molar-refractivity contribution >= 4 is 58.0 Å². The highest BCUT2D eigenvalue weighted by atomic mass is 35.5. The minimum atomic E-state index is -0.294. The molecule has 0 heterocycles. The topological polar surface area (TPSA) is 29.1 Å². The molecule has 0 saturated carbocycles. The minimum Gasteiger partial charge on any atom is -0.321 e. The summed E-state index contributed by atoms with van der Waals surface area (Å²) >= 11 is 23.5. The molecule has 0 aliphatic rings. The predicted octanol–water partition coefficient (Wildman–Crippen LogP) is 5.64. The lowest BCUT2D eigenvalue weighted by Gasteiger charge is -2.09. The summed E-state index contributed by atoms with van der Waals surface area (Å²) in [5.74, 6) is 0.0477. The summed E-state index contributed by atoms with van der Waals surface area (Å²) in [6, 6.07) is 10.0. The molecule has 0 unspecified atom stereocenters. The van der Waals surface area contributed by atoms with E-state index in [0.29, 0.717) is 32.2 Å². The van der Waals surface area contributed by atoms with E-state index in [1.54, 1.807) is 18.2 Å². The van der Waals surface area contributed by atoms with Crippen LogP contribution in [0.15, 0.2) is 36.4 Å². The van der Waals surface area contributed by atoms with E-state index in [0.717, 1.165) is 5.56 Å². The molecule has 0 spiro atoms. The van der Waals surface area contributed by atoms with Crippen LogP contribution in [0.25, 0.3) is 0 Å². The van der Waals surface area contributed by atoms with Crippen LogP contribution in [0.2, 0.25) is 15.1 Å². The summed E-state index contributed by atoms with van der Waals surface area (Å²) < 4.78 is 0. The first-order valence-corrected chi connectivity index (χ1v) is 7.29. The van der Waals surface area contributed by atoms with Gasteiger partial charge in [-0.1, -0.05) is 46.9 Å². The van der Waals surface area contributed by atoms with Gasteiger partial charge in [-0.25, -0.2) is 0 Å². The van der Waals surface area contributed by atoms with Gasteiger partial charge in [0, 0.05) is 11.4 Å². The molecule has 0 atom stereocenters. The zero-order valence-electron chi connectivity index (χ0n) is 10.1. The van der Waals surface area contributed by atoms with E-state index >= 15 is 0 Å². The molecule has 104 valence electrons. The molecular weight excluding hydrogens is 340 g/mol. The number of halogens is 4. The van der Waals surface area contributed by atoms with Crippen LogP contribution in [-0.2, 0) is 5.88 Å². The summed E-state index contributed by atoms with van der Waals surface area (Å²) in [6.45, 7) is 0. The molecule has 2 aromatic carbocycles. The van der Waals surface area contributed by atoms with Crippen molar-refractivity contribution in [2.45, 2.75) is 5.88 Å². The highest BCUT2D eigenvalue weighted by Gasteiger charge is 2.11. The Bertz CT molecular complexity index is 658. The summed E-state index contributed by atoms with van der Waals surface area (Å²) in [5.41, 5.74) is 1.76. The van der Waals surface area contributed by atoms with Gasteiger partial charge in [0.25, 0.3) is 5.91 Å². The number of carbonyl (C=O) groups excluding carboxylic acids is 1. The molecule has 2 nitrogen and oxygen atoms in total. The maximum absolute atomic E-state index is 12.1. The first kappa shape index (κ1) is 15.5. The number of hydrogen-bond acceptors (Lipinski definition) is 1. The molecule has 0 radical (unpaired) electrons. The van der Waals surface area contributed by atoms with Gasteiger partial charge in [-0.2, -0.15) is 0 Å². The summed E-state index contributed by atoms with van der Waals surface area (Å²) in [5, 5.41) is 3.66. The van der Waals surface area contributed by atoms with Crippen LogP contribution in [0.3, 0.4) is 0 Å². The Kier molecular flexibility index (Phi) is 5.17. The van der Waals surface area contributed by atoms with Crippen LogP contribution < -0.4 is 5.32 Å². The average Bonchev–Trinajstić information content (AvgIpc) is 2.44. The van der Waals surface area contributed by atoms with E-state index in [1.807, 2.05) is 6.07 Å². The average molecular weight is 349 g/mol. The number of hydrogen-bond donors (Lipinski definition) is 1. The van der Waals surface area contributed by atoms with Gasteiger partial charge in [0.15, 0.2) is 0 Å². The molecule has 2 aromatic rings. The minimum absolute atomic E-state index is 0.294. The Hall–Kier alpha value is -0.930. The smallest absolute Gasteiger partial charge is 0.255 e. The molecule has 1 N–H and O–H groups in total. The monoisotopic (exact) mass is 347 g/mol. The number of anilines is 1. The van der Waals surface area contributed by atoms with Crippen molar-refractivity contribution in [1.29, 1.82) is 0 Å². The van der Waals surface area contributed by atoms with Crippen LogP contribution in [0, 0.1) is 0 Å². The van der Waals surface area contributed by atoms with Crippen molar-refractivity contribution in [1.82, 2.24) is 0 Å². The number of amides is 1. The standard InChI is InChI=1S/C14H9Cl4NO/c15-7-8-2-1-3-9(4-8)14(20)19-13-6-11(17)10(16)5-12(13)18/h1-6H,7H2,(H,19,20). The van der Waals surface area contributed by atoms with Gasteiger partial charge in [0.2, 0.25) is 0 Å². The van der Waals surface area contributed by atoms with E-state index in [2.05, 4.69) is 5.32 Å². The first-order chi connectivity index (χ1) is 9.51. The van der Waals surface area contributed by atoms with Crippen molar-refractivity contribution in [2.75, 3.05) is 5.32 Å². The third-order valence-corrected chi connectivity index (χ3v) is 3.95. The zero-order chi connectivity index (χ0) is 14.7. The van der Waals surface area contributed by atoms with E-state index < -0.39 is 0 Å². The van der Waals surface area contributed by atoms with Gasteiger partial charge in [0.05, 0.1) is 20.8 Å². The molecule has 0 saturated heterocycles. The fourth-order valence-electron chi connectivity index (χ4n) is 1.61. The summed E-state index contributed by atoms with van der Waals surface area (Å²) in [6.07, 6.45) is 0. The predicted molar refractivity (Wildman–Crippen MR) is 85.4 cm³/mol. The van der Waals surface area contributed by atoms with Crippen LogP contribution >= 0.6 is 46.4 Å². The molecule has 0 aromatic heterocycles. The summed E-state index contributed by atoms with van der Waals surface area (Å²) in [7, 11) is 0. The quantitative estimate of drug-likeness (QED) is 0.564. The highest BCUT2D eigenvalue weighted by molar-refractivity contribution is 6.44. The molecule has 0 aliphatic heterocycles. The SMILES string of the molecule is O=C(Nc1cc(Cl)c(Cl)cc1Cl)c1cccc(CCl)c1. The van der Waals surface area contributed by atoms with Gasteiger partial charge in [0.1, 0.15) is 0 Å². The number of nitrogens with one attached hydrogen (secondary N) is 1. The van der Waals surface area contributed by atoms with E-state index in [1.165, 1.54) is 12.1 Å². The van der Waals surface area contributed by atoms with E-state index in [9.17, 15) is 4.79 Å². The van der Waals surface area contributed by atoms with Crippen molar-refractivity contribution < 1.29 is 4.79 Å². The Morgan fingerprint density at radius 1 is 1.00 bits per heavy atom. The molecule has 1 amide bonds. The Morgan fingerprint density at radius 2 is 1.70 bits per heavy atom. The van der Waals surface area contributed by atoms with Crippen LogP contribution in [0.1, 0.15) is 15.9 Å². The van der Waals surface area contributed by atoms with Gasteiger partial charge in [-0.3, -0.25) is 4.79 Å². The fourth-order valence-corrected chi connectivity index (χ4v) is 2.37. The van der Waals surface area contributed by atoms with Crippen molar-refractivity contribution in [3.05, 3.63) is 62.6 Å². The second-order valence-corrected chi connectivity index (χ2v) is 5.52. The largest absolute Gasteiger partial charge is 0.321 e. The highest BCUT2D eigenvalue weighted by Crippen LogP contribution is 2.32. The molecule has 2 rings (SSSR count). The molecule has 0 aliphatic carbocycles. The third-order valence-electron chi connectivity index (χ3n) is 2.60. The van der Waals surface area contributed by atoms with Crippen molar-refractivity contribution in [3.8, 4) is 0 Å². The number of alkyl halides is 1. The Labute approximate surface area is 136 Å². The van der Waals surface area contributed by atoms with Gasteiger partial charge in [-0.05, 0) is 29.8 Å². The van der Waals surface area contributed by atoms with Crippen LogP contribution in [-0.4, -0.2) is 5.91 Å². The van der Waals surface area contributed by atoms with E-state index in [4.69, 9.17) is 46.4 Å². The lowest BCUT2D eigenvalue weighted by atomic mass is 10.1. The Balaban J connectivity index is 2.25. The number of rotatable bonds is 3. The molecule has 6 heteroatoms. The van der Waals surface area contributed by atoms with E-state index in [-0.39, 0.29) is 5.91 Å². The lowest BCUT2D eigenvalue weighted by Crippen LogP contribution is -2.12. The molecule has 20 heavy (non-hydrogen) atoms. The maximum Gasteiger partial charge on any atom is 0.255 e. The normalized spacial score (nSPS) is 10.4. The van der Waals surface area contributed by atoms with Gasteiger partial charge < -0.3 is 5.32 Å². The second kappa shape index (κ2) is 6.68. The first-order valence-electron chi connectivity index (χ1n) is 5.62. The fraction of sp³-hybridized carbons (Fsp3) is 0.0714. The van der Waals surface area contributed by atoms with Gasteiger partial charge in [-0.15, -0.1) is 11.6 Å².